The highest BCUT2D eigenvalue weighted by atomic mass is 16.3. The molecule has 2 heteroatoms. The molecule has 0 aliphatic carbocycles. The molecule has 3 N–H and O–H groups in total. The van der Waals surface area contributed by atoms with Crippen molar-refractivity contribution >= 4 is 5.69 Å². The maximum atomic E-state index is 10.3. The molecule has 2 unspecified atom stereocenters. The van der Waals surface area contributed by atoms with Gasteiger partial charge in [0, 0.05) is 17.2 Å². The molecule has 0 fully saturated rings. The third kappa shape index (κ3) is 1.80. The summed E-state index contributed by atoms with van der Waals surface area (Å²) in [4.78, 5) is 0. The maximum absolute atomic E-state index is 10.3. The van der Waals surface area contributed by atoms with E-state index in [1.807, 2.05) is 25.1 Å². The van der Waals surface area contributed by atoms with E-state index >= 15 is 0 Å². The normalized spacial score (nSPS) is 17.1. The van der Waals surface area contributed by atoms with Crippen molar-refractivity contribution in [2.45, 2.75) is 19.4 Å². The van der Waals surface area contributed by atoms with Crippen LogP contribution in [0.25, 0.3) is 0 Å². The first kappa shape index (κ1) is 10.8. The summed E-state index contributed by atoms with van der Waals surface area (Å²) in [6.45, 7) is 7.35. The van der Waals surface area contributed by atoms with Crippen LogP contribution in [-0.4, -0.2) is 5.11 Å². The molecule has 0 aliphatic heterocycles. The van der Waals surface area contributed by atoms with Gasteiger partial charge in [-0.25, -0.2) is 0 Å². The number of nitrogen functional groups attached to an aromatic ring is 1. The van der Waals surface area contributed by atoms with Crippen molar-refractivity contribution in [3.8, 4) is 0 Å². The highest BCUT2D eigenvalue weighted by Gasteiger charge is 2.29. The van der Waals surface area contributed by atoms with Crippen LogP contribution in [0.5, 0.6) is 0 Å². The average Bonchev–Trinajstić information content (AvgIpc) is 2.17. The molecule has 0 heterocycles. The fourth-order valence-electron chi connectivity index (χ4n) is 1.43. The van der Waals surface area contributed by atoms with Gasteiger partial charge in [0.15, 0.2) is 0 Å². The number of nitrogens with two attached hydrogens (primary N) is 1. The van der Waals surface area contributed by atoms with E-state index in [1.165, 1.54) is 0 Å². The minimum atomic E-state index is -0.951. The molecule has 1 aromatic rings. The average molecular weight is 191 g/mol. The molecule has 14 heavy (non-hydrogen) atoms. The van der Waals surface area contributed by atoms with E-state index in [1.54, 1.807) is 19.1 Å². The van der Waals surface area contributed by atoms with Gasteiger partial charge in [-0.15, -0.1) is 6.58 Å². The van der Waals surface area contributed by atoms with Crippen LogP contribution in [0, 0.1) is 5.92 Å². The number of para-hydroxylation sites is 1. The van der Waals surface area contributed by atoms with E-state index in [0.29, 0.717) is 5.69 Å². The second-order valence-electron chi connectivity index (χ2n) is 3.76. The Balaban J connectivity index is 3.15. The summed E-state index contributed by atoms with van der Waals surface area (Å²) in [6, 6.07) is 7.36. The van der Waals surface area contributed by atoms with Crippen LogP contribution in [0.4, 0.5) is 5.69 Å². The van der Waals surface area contributed by atoms with E-state index in [2.05, 4.69) is 6.58 Å². The Morgan fingerprint density at radius 3 is 2.57 bits per heavy atom. The summed E-state index contributed by atoms with van der Waals surface area (Å²) in [7, 11) is 0. The van der Waals surface area contributed by atoms with Crippen LogP contribution in [0.15, 0.2) is 36.9 Å². The molecule has 76 valence electrons. The van der Waals surface area contributed by atoms with Gasteiger partial charge in [0.25, 0.3) is 0 Å². The van der Waals surface area contributed by atoms with Crippen LogP contribution >= 0.6 is 0 Å². The predicted octanol–water partition coefficient (Wildman–Crippen LogP) is 2.30. The molecule has 0 radical (unpaired) electrons. The molecule has 2 atom stereocenters. The van der Waals surface area contributed by atoms with Gasteiger partial charge in [-0.2, -0.15) is 0 Å². The molecule has 1 rings (SSSR count). The number of rotatable bonds is 3. The first-order valence-electron chi connectivity index (χ1n) is 4.70. The fraction of sp³-hybridized carbons (Fsp3) is 0.333. The van der Waals surface area contributed by atoms with Crippen molar-refractivity contribution in [1.82, 2.24) is 0 Å². The largest absolute Gasteiger partial charge is 0.398 e. The van der Waals surface area contributed by atoms with Crippen molar-refractivity contribution in [2.24, 2.45) is 5.92 Å². The van der Waals surface area contributed by atoms with E-state index in [0.717, 1.165) is 5.56 Å². The third-order valence-corrected chi connectivity index (χ3v) is 2.75. The lowest BCUT2D eigenvalue weighted by atomic mass is 9.83. The van der Waals surface area contributed by atoms with Crippen LogP contribution in [-0.2, 0) is 5.60 Å². The number of hydrogen-bond donors (Lipinski definition) is 2. The zero-order valence-electron chi connectivity index (χ0n) is 8.70. The Kier molecular flexibility index (Phi) is 2.96. The zero-order chi connectivity index (χ0) is 10.8. The van der Waals surface area contributed by atoms with Crippen molar-refractivity contribution in [2.75, 3.05) is 5.73 Å². The van der Waals surface area contributed by atoms with Crippen LogP contribution in [0.1, 0.15) is 19.4 Å². The van der Waals surface area contributed by atoms with Gasteiger partial charge in [0.2, 0.25) is 0 Å². The van der Waals surface area contributed by atoms with Crippen molar-refractivity contribution in [3.05, 3.63) is 42.5 Å². The van der Waals surface area contributed by atoms with Gasteiger partial charge in [-0.1, -0.05) is 31.2 Å². The summed E-state index contributed by atoms with van der Waals surface area (Å²) in [6.07, 6.45) is 1.73. The summed E-state index contributed by atoms with van der Waals surface area (Å²) in [5, 5.41) is 10.3. The number of anilines is 1. The highest BCUT2D eigenvalue weighted by molar-refractivity contribution is 5.49. The molecule has 0 amide bonds. The molecule has 0 bridgehead atoms. The van der Waals surface area contributed by atoms with Gasteiger partial charge in [-0.05, 0) is 13.0 Å². The van der Waals surface area contributed by atoms with E-state index in [-0.39, 0.29) is 5.92 Å². The van der Waals surface area contributed by atoms with Crippen LogP contribution < -0.4 is 5.73 Å². The van der Waals surface area contributed by atoms with Gasteiger partial charge in [0.05, 0.1) is 5.60 Å². The lowest BCUT2D eigenvalue weighted by Crippen LogP contribution is -2.29. The summed E-state index contributed by atoms with van der Waals surface area (Å²) in [5.74, 6) is -0.0350. The Morgan fingerprint density at radius 1 is 1.50 bits per heavy atom. The smallest absolute Gasteiger partial charge is 0.0947 e. The van der Waals surface area contributed by atoms with Crippen molar-refractivity contribution < 1.29 is 5.11 Å². The molecule has 0 aliphatic rings. The molecule has 0 saturated carbocycles. The molecule has 0 saturated heterocycles. The topological polar surface area (TPSA) is 46.2 Å². The fourth-order valence-corrected chi connectivity index (χ4v) is 1.43. The first-order chi connectivity index (χ1) is 6.50. The molecular formula is C12H17NO. The molecule has 0 spiro atoms. The lowest BCUT2D eigenvalue weighted by molar-refractivity contribution is 0.0213. The SMILES string of the molecule is C=CC(C)C(C)(O)c1ccccc1N. The minimum Gasteiger partial charge on any atom is -0.398 e. The van der Waals surface area contributed by atoms with E-state index < -0.39 is 5.60 Å². The second-order valence-corrected chi connectivity index (χ2v) is 3.76. The molecule has 2 nitrogen and oxygen atoms in total. The van der Waals surface area contributed by atoms with Crippen molar-refractivity contribution in [3.63, 3.8) is 0 Å². The van der Waals surface area contributed by atoms with Crippen LogP contribution in [0.2, 0.25) is 0 Å². The van der Waals surface area contributed by atoms with Crippen LogP contribution in [0.3, 0.4) is 0 Å². The van der Waals surface area contributed by atoms with Gasteiger partial charge >= 0.3 is 0 Å². The Labute approximate surface area is 85.1 Å². The van der Waals surface area contributed by atoms with Gasteiger partial charge in [0.1, 0.15) is 0 Å². The lowest BCUT2D eigenvalue weighted by Gasteiger charge is -2.29. The standard InChI is InChI=1S/C12H17NO/c1-4-9(2)12(3,14)10-7-5-6-8-11(10)13/h4-9,14H,1,13H2,2-3H3. The molecular weight excluding hydrogens is 174 g/mol. The summed E-state index contributed by atoms with van der Waals surface area (Å²) in [5.41, 5.74) is 6.23. The third-order valence-electron chi connectivity index (χ3n) is 2.75. The quantitative estimate of drug-likeness (QED) is 0.569. The number of benzene rings is 1. The summed E-state index contributed by atoms with van der Waals surface area (Å²) < 4.78 is 0. The van der Waals surface area contributed by atoms with Crippen molar-refractivity contribution in [1.29, 1.82) is 0 Å². The van der Waals surface area contributed by atoms with Gasteiger partial charge < -0.3 is 10.8 Å². The second kappa shape index (κ2) is 3.84. The Hall–Kier alpha value is -1.28. The maximum Gasteiger partial charge on any atom is 0.0947 e. The minimum absolute atomic E-state index is 0.0350. The Bertz CT molecular complexity index is 331. The van der Waals surface area contributed by atoms with Gasteiger partial charge in [-0.3, -0.25) is 0 Å². The number of hydrogen-bond acceptors (Lipinski definition) is 2. The molecule has 0 aromatic heterocycles. The Morgan fingerprint density at radius 2 is 2.07 bits per heavy atom. The zero-order valence-corrected chi connectivity index (χ0v) is 8.70. The highest BCUT2D eigenvalue weighted by Crippen LogP contribution is 2.33. The summed E-state index contributed by atoms with van der Waals surface area (Å²) >= 11 is 0. The predicted molar refractivity (Wildman–Crippen MR) is 59.8 cm³/mol. The monoisotopic (exact) mass is 191 g/mol. The van der Waals surface area contributed by atoms with E-state index in [4.69, 9.17) is 5.73 Å². The van der Waals surface area contributed by atoms with E-state index in [9.17, 15) is 5.11 Å². The first-order valence-corrected chi connectivity index (χ1v) is 4.70. The number of aliphatic hydroxyl groups is 1. The molecule has 1 aromatic carbocycles.